The van der Waals surface area contributed by atoms with Crippen LogP contribution in [-0.4, -0.2) is 16.7 Å². The lowest BCUT2D eigenvalue weighted by atomic mass is 9.71. The molecular weight excluding hydrogens is 290 g/mol. The van der Waals surface area contributed by atoms with E-state index in [-0.39, 0.29) is 23.2 Å². The fourth-order valence-corrected chi connectivity index (χ4v) is 3.98. The third-order valence-corrected chi connectivity index (χ3v) is 5.02. The Labute approximate surface area is 134 Å². The number of phenolic OH excluding ortho intramolecular Hbond substituents is 1. The number of dihydropyridines is 1. The number of ketones is 2. The molecule has 0 aromatic heterocycles. The van der Waals surface area contributed by atoms with Crippen LogP contribution < -0.4 is 5.32 Å². The van der Waals surface area contributed by atoms with Gasteiger partial charge in [-0.05, 0) is 43.4 Å². The van der Waals surface area contributed by atoms with E-state index in [0.29, 0.717) is 12.8 Å². The third kappa shape index (κ3) is 2.29. The molecule has 0 spiro atoms. The van der Waals surface area contributed by atoms with Crippen molar-refractivity contribution in [3.8, 4) is 5.75 Å². The van der Waals surface area contributed by atoms with Crippen LogP contribution in [0.1, 0.15) is 50.0 Å². The molecule has 23 heavy (non-hydrogen) atoms. The maximum Gasteiger partial charge on any atom is 0.161 e. The van der Waals surface area contributed by atoms with Gasteiger partial charge >= 0.3 is 0 Å². The van der Waals surface area contributed by atoms with Crippen molar-refractivity contribution in [1.29, 1.82) is 0 Å². The SMILES string of the molecule is O=C1CCCC2=C1C(c1ccc(O)cc1)C1=C(CCCC1=O)N2. The summed E-state index contributed by atoms with van der Waals surface area (Å²) in [6.07, 6.45) is 4.55. The Bertz CT molecular complexity index is 713. The van der Waals surface area contributed by atoms with E-state index in [1.54, 1.807) is 12.1 Å². The van der Waals surface area contributed by atoms with Gasteiger partial charge in [-0.3, -0.25) is 9.59 Å². The molecule has 4 rings (SSSR count). The van der Waals surface area contributed by atoms with Gasteiger partial charge in [-0.25, -0.2) is 0 Å². The summed E-state index contributed by atoms with van der Waals surface area (Å²) in [5.74, 6) is 0.196. The van der Waals surface area contributed by atoms with E-state index in [1.165, 1.54) is 0 Å². The van der Waals surface area contributed by atoms with Gasteiger partial charge in [0.1, 0.15) is 5.75 Å². The van der Waals surface area contributed by atoms with Gasteiger partial charge in [0, 0.05) is 41.3 Å². The highest BCUT2D eigenvalue weighted by Gasteiger charge is 2.39. The molecule has 1 aromatic carbocycles. The average molecular weight is 309 g/mol. The monoisotopic (exact) mass is 309 g/mol. The van der Waals surface area contributed by atoms with Crippen molar-refractivity contribution in [1.82, 2.24) is 5.32 Å². The first-order chi connectivity index (χ1) is 11.1. The maximum absolute atomic E-state index is 12.6. The van der Waals surface area contributed by atoms with Gasteiger partial charge < -0.3 is 10.4 Å². The van der Waals surface area contributed by atoms with Gasteiger partial charge in [0.2, 0.25) is 0 Å². The van der Waals surface area contributed by atoms with Crippen LogP contribution in [0.25, 0.3) is 0 Å². The summed E-state index contributed by atoms with van der Waals surface area (Å²) in [4.78, 5) is 25.2. The molecule has 0 saturated heterocycles. The van der Waals surface area contributed by atoms with E-state index in [9.17, 15) is 14.7 Å². The lowest BCUT2D eigenvalue weighted by Gasteiger charge is -2.37. The van der Waals surface area contributed by atoms with Crippen molar-refractivity contribution >= 4 is 11.6 Å². The zero-order chi connectivity index (χ0) is 16.0. The largest absolute Gasteiger partial charge is 0.508 e. The van der Waals surface area contributed by atoms with E-state index >= 15 is 0 Å². The van der Waals surface area contributed by atoms with Gasteiger partial charge in [0.25, 0.3) is 0 Å². The van der Waals surface area contributed by atoms with Crippen molar-refractivity contribution < 1.29 is 14.7 Å². The van der Waals surface area contributed by atoms with Crippen molar-refractivity contribution in [3.05, 3.63) is 52.4 Å². The van der Waals surface area contributed by atoms with Crippen molar-refractivity contribution in [2.45, 2.75) is 44.4 Å². The molecule has 0 saturated carbocycles. The molecule has 0 radical (unpaired) electrons. The molecule has 2 N–H and O–H groups in total. The molecule has 0 fully saturated rings. The number of hydrogen-bond donors (Lipinski definition) is 2. The van der Waals surface area contributed by atoms with E-state index in [2.05, 4.69) is 5.32 Å². The summed E-state index contributed by atoms with van der Waals surface area (Å²) < 4.78 is 0. The van der Waals surface area contributed by atoms with Crippen LogP contribution in [0.4, 0.5) is 0 Å². The van der Waals surface area contributed by atoms with Crippen LogP contribution in [0.5, 0.6) is 5.75 Å². The number of carbonyl (C=O) groups excluding carboxylic acids is 2. The molecule has 0 bridgehead atoms. The number of benzene rings is 1. The van der Waals surface area contributed by atoms with Gasteiger partial charge in [-0.15, -0.1) is 0 Å². The average Bonchev–Trinajstić information content (AvgIpc) is 2.54. The molecule has 4 heteroatoms. The fraction of sp³-hybridized carbons (Fsp3) is 0.368. The molecule has 118 valence electrons. The highest BCUT2D eigenvalue weighted by molar-refractivity contribution is 6.06. The number of phenols is 1. The first-order valence-corrected chi connectivity index (χ1v) is 8.23. The Kier molecular flexibility index (Phi) is 3.33. The van der Waals surface area contributed by atoms with Crippen LogP contribution in [0, 0.1) is 0 Å². The molecular formula is C19H19NO3. The Balaban J connectivity index is 1.90. The first-order valence-electron chi connectivity index (χ1n) is 8.23. The van der Waals surface area contributed by atoms with Crippen LogP contribution >= 0.6 is 0 Å². The van der Waals surface area contributed by atoms with Crippen molar-refractivity contribution in [3.63, 3.8) is 0 Å². The second-order valence-electron chi connectivity index (χ2n) is 6.49. The molecule has 3 aliphatic rings. The number of rotatable bonds is 1. The summed E-state index contributed by atoms with van der Waals surface area (Å²) in [6.45, 7) is 0. The summed E-state index contributed by atoms with van der Waals surface area (Å²) in [6, 6.07) is 6.89. The first kappa shape index (κ1) is 14.2. The quantitative estimate of drug-likeness (QED) is 0.836. The van der Waals surface area contributed by atoms with Crippen LogP contribution in [0.2, 0.25) is 0 Å². The Morgan fingerprint density at radius 3 is 1.87 bits per heavy atom. The van der Waals surface area contributed by atoms with Crippen LogP contribution in [0.3, 0.4) is 0 Å². The number of aromatic hydroxyl groups is 1. The smallest absolute Gasteiger partial charge is 0.161 e. The maximum atomic E-state index is 12.6. The Morgan fingerprint density at radius 2 is 1.35 bits per heavy atom. The molecule has 0 amide bonds. The molecule has 1 aromatic rings. The Morgan fingerprint density at radius 1 is 0.826 bits per heavy atom. The van der Waals surface area contributed by atoms with Crippen molar-refractivity contribution in [2.24, 2.45) is 0 Å². The second-order valence-corrected chi connectivity index (χ2v) is 6.49. The minimum atomic E-state index is -0.276. The highest BCUT2D eigenvalue weighted by atomic mass is 16.3. The van der Waals surface area contributed by atoms with Crippen LogP contribution in [0.15, 0.2) is 46.8 Å². The molecule has 1 aliphatic heterocycles. The second kappa shape index (κ2) is 5.37. The van der Waals surface area contributed by atoms with E-state index in [0.717, 1.165) is 53.8 Å². The van der Waals surface area contributed by atoms with Gasteiger partial charge in [-0.1, -0.05) is 12.1 Å². The summed E-state index contributed by atoms with van der Waals surface area (Å²) in [5, 5.41) is 13.0. The van der Waals surface area contributed by atoms with Gasteiger partial charge in [0.15, 0.2) is 11.6 Å². The van der Waals surface area contributed by atoms with Crippen molar-refractivity contribution in [2.75, 3.05) is 0 Å². The number of allylic oxidation sites excluding steroid dienone is 4. The lowest BCUT2D eigenvalue weighted by Crippen LogP contribution is -2.36. The predicted octanol–water partition coefficient (Wildman–Crippen LogP) is 3.09. The van der Waals surface area contributed by atoms with Crippen LogP contribution in [-0.2, 0) is 9.59 Å². The van der Waals surface area contributed by atoms with E-state index < -0.39 is 0 Å². The van der Waals surface area contributed by atoms with Gasteiger partial charge in [-0.2, -0.15) is 0 Å². The third-order valence-electron chi connectivity index (χ3n) is 5.02. The molecule has 0 atom stereocenters. The molecule has 2 aliphatic carbocycles. The zero-order valence-electron chi connectivity index (χ0n) is 12.9. The molecule has 1 heterocycles. The number of hydrogen-bond acceptors (Lipinski definition) is 4. The summed E-state index contributed by atoms with van der Waals surface area (Å²) in [7, 11) is 0. The minimum absolute atomic E-state index is 0.141. The molecule has 0 unspecified atom stereocenters. The fourth-order valence-electron chi connectivity index (χ4n) is 3.98. The van der Waals surface area contributed by atoms with E-state index in [4.69, 9.17) is 0 Å². The number of nitrogens with one attached hydrogen (secondary N) is 1. The lowest BCUT2D eigenvalue weighted by molar-refractivity contribution is -0.116. The predicted molar refractivity (Wildman–Crippen MR) is 85.8 cm³/mol. The molecule has 4 nitrogen and oxygen atoms in total. The van der Waals surface area contributed by atoms with E-state index in [1.807, 2.05) is 12.1 Å². The topological polar surface area (TPSA) is 66.4 Å². The highest BCUT2D eigenvalue weighted by Crippen LogP contribution is 2.45. The standard InChI is InChI=1S/C19H19NO3/c21-12-9-7-11(8-10-12)17-18-13(3-1-5-15(18)22)20-14-4-2-6-16(23)19(14)17/h7-10,17,20-21H,1-6H2. The summed E-state index contributed by atoms with van der Waals surface area (Å²) >= 11 is 0. The summed E-state index contributed by atoms with van der Waals surface area (Å²) in [5.41, 5.74) is 4.42. The number of Topliss-reactive ketones (excluding diaryl/α,β-unsaturated/α-hetero) is 2. The number of carbonyl (C=O) groups is 2. The zero-order valence-corrected chi connectivity index (χ0v) is 12.9. The normalized spacial score (nSPS) is 21.9. The Hall–Kier alpha value is -2.36. The van der Waals surface area contributed by atoms with Gasteiger partial charge in [0.05, 0.1) is 0 Å². The minimum Gasteiger partial charge on any atom is -0.508 e.